The van der Waals surface area contributed by atoms with Crippen molar-refractivity contribution in [1.82, 2.24) is 0 Å². The van der Waals surface area contributed by atoms with Gasteiger partial charge >= 0.3 is 0 Å². The highest BCUT2D eigenvalue weighted by atomic mass is 35.5. The second kappa shape index (κ2) is 5.12. The fraction of sp³-hybridized carbons (Fsp3) is 0.133. The quantitative estimate of drug-likeness (QED) is 0.786. The molecule has 0 fully saturated rings. The highest BCUT2D eigenvalue weighted by Crippen LogP contribution is 2.29. The lowest BCUT2D eigenvalue weighted by molar-refractivity contribution is 0.482. The van der Waals surface area contributed by atoms with Crippen LogP contribution in [0.4, 0.5) is 0 Å². The van der Waals surface area contributed by atoms with Crippen molar-refractivity contribution in [2.24, 2.45) is 0 Å². The summed E-state index contributed by atoms with van der Waals surface area (Å²) in [7, 11) is 0. The van der Waals surface area contributed by atoms with Gasteiger partial charge in [-0.05, 0) is 61.4 Å². The summed E-state index contributed by atoms with van der Waals surface area (Å²) in [6.45, 7) is 3.89. The molecule has 0 amide bonds. The van der Waals surface area contributed by atoms with Gasteiger partial charge in [-0.3, -0.25) is 0 Å². The van der Waals surface area contributed by atoms with E-state index < -0.39 is 0 Å². The Bertz CT molecular complexity index is 588. The highest BCUT2D eigenvalue weighted by Gasteiger charge is 2.04. The first kappa shape index (κ1) is 12.5. The zero-order valence-corrected chi connectivity index (χ0v) is 11.0. The molecule has 2 aromatic carbocycles. The third-order valence-electron chi connectivity index (χ3n) is 2.63. The van der Waals surface area contributed by atoms with Crippen LogP contribution in [0.25, 0.3) is 0 Å². The number of hydrogen-bond donors (Lipinski definition) is 0. The van der Waals surface area contributed by atoms with Gasteiger partial charge in [0.25, 0.3) is 0 Å². The SMILES string of the molecule is Cc1cc(Oc2ccc(C#N)cc2)cc(C)c1Cl. The zero-order valence-electron chi connectivity index (χ0n) is 10.2. The van der Waals surface area contributed by atoms with Gasteiger partial charge in [0.15, 0.2) is 0 Å². The van der Waals surface area contributed by atoms with Gasteiger partial charge in [-0.25, -0.2) is 0 Å². The van der Waals surface area contributed by atoms with E-state index in [1.54, 1.807) is 24.3 Å². The summed E-state index contributed by atoms with van der Waals surface area (Å²) in [5.41, 5.74) is 2.59. The van der Waals surface area contributed by atoms with E-state index in [-0.39, 0.29) is 0 Å². The summed E-state index contributed by atoms with van der Waals surface area (Å²) in [5, 5.41) is 9.48. The first-order valence-corrected chi connectivity index (χ1v) is 5.92. The molecule has 0 radical (unpaired) electrons. The van der Waals surface area contributed by atoms with Crippen LogP contribution in [0.15, 0.2) is 36.4 Å². The lowest BCUT2D eigenvalue weighted by atomic mass is 10.1. The molecule has 2 nitrogen and oxygen atoms in total. The maximum absolute atomic E-state index is 8.72. The third kappa shape index (κ3) is 2.64. The predicted molar refractivity (Wildman–Crippen MR) is 72.2 cm³/mol. The van der Waals surface area contributed by atoms with Gasteiger partial charge in [0.2, 0.25) is 0 Å². The molecule has 0 heterocycles. The Kier molecular flexibility index (Phi) is 3.55. The van der Waals surface area contributed by atoms with Gasteiger partial charge < -0.3 is 4.74 Å². The second-order valence-electron chi connectivity index (χ2n) is 4.11. The molecule has 0 aliphatic heterocycles. The van der Waals surface area contributed by atoms with E-state index in [0.717, 1.165) is 21.9 Å². The Morgan fingerprint density at radius 2 is 1.56 bits per heavy atom. The molecule has 90 valence electrons. The smallest absolute Gasteiger partial charge is 0.128 e. The average molecular weight is 258 g/mol. The fourth-order valence-electron chi connectivity index (χ4n) is 1.70. The highest BCUT2D eigenvalue weighted by molar-refractivity contribution is 6.32. The van der Waals surface area contributed by atoms with Crippen molar-refractivity contribution in [1.29, 1.82) is 5.26 Å². The maximum atomic E-state index is 8.72. The van der Waals surface area contributed by atoms with Crippen molar-refractivity contribution in [3.63, 3.8) is 0 Å². The average Bonchev–Trinajstić information content (AvgIpc) is 2.37. The fourth-order valence-corrected chi connectivity index (χ4v) is 1.81. The Balaban J connectivity index is 2.26. The van der Waals surface area contributed by atoms with E-state index in [0.29, 0.717) is 11.3 Å². The van der Waals surface area contributed by atoms with Crippen molar-refractivity contribution in [3.8, 4) is 17.6 Å². The van der Waals surface area contributed by atoms with Crippen LogP contribution in [0.5, 0.6) is 11.5 Å². The van der Waals surface area contributed by atoms with Crippen LogP contribution >= 0.6 is 11.6 Å². The topological polar surface area (TPSA) is 33.0 Å². The molecule has 0 saturated carbocycles. The van der Waals surface area contributed by atoms with E-state index in [4.69, 9.17) is 21.6 Å². The first-order valence-electron chi connectivity index (χ1n) is 5.55. The van der Waals surface area contributed by atoms with Crippen LogP contribution < -0.4 is 4.74 Å². The maximum Gasteiger partial charge on any atom is 0.128 e. The van der Waals surface area contributed by atoms with Crippen molar-refractivity contribution in [2.45, 2.75) is 13.8 Å². The van der Waals surface area contributed by atoms with Crippen molar-refractivity contribution >= 4 is 11.6 Å². The second-order valence-corrected chi connectivity index (χ2v) is 4.49. The van der Waals surface area contributed by atoms with Crippen molar-refractivity contribution in [3.05, 3.63) is 58.1 Å². The molecule has 0 N–H and O–H groups in total. The molecule has 0 aliphatic carbocycles. The number of aryl methyl sites for hydroxylation is 2. The molecule has 0 spiro atoms. The minimum absolute atomic E-state index is 0.616. The number of hydrogen-bond acceptors (Lipinski definition) is 2. The molecule has 0 aliphatic rings. The van der Waals surface area contributed by atoms with Gasteiger partial charge in [-0.2, -0.15) is 5.26 Å². The Hall–Kier alpha value is -1.98. The van der Waals surface area contributed by atoms with E-state index in [1.807, 2.05) is 26.0 Å². The first-order chi connectivity index (χ1) is 8.60. The summed E-state index contributed by atoms with van der Waals surface area (Å²) >= 11 is 6.10. The van der Waals surface area contributed by atoms with Crippen LogP contribution in [-0.2, 0) is 0 Å². The van der Waals surface area contributed by atoms with Crippen LogP contribution in [0.2, 0.25) is 5.02 Å². The van der Waals surface area contributed by atoms with Gasteiger partial charge in [0.05, 0.1) is 11.6 Å². The predicted octanol–water partition coefficient (Wildman–Crippen LogP) is 4.62. The van der Waals surface area contributed by atoms with Crippen LogP contribution in [0, 0.1) is 25.2 Å². The van der Waals surface area contributed by atoms with E-state index in [1.165, 1.54) is 0 Å². The Labute approximate surface area is 111 Å². The van der Waals surface area contributed by atoms with Crippen LogP contribution in [-0.4, -0.2) is 0 Å². The summed E-state index contributed by atoms with van der Waals surface area (Å²) < 4.78 is 5.73. The van der Waals surface area contributed by atoms with Crippen molar-refractivity contribution < 1.29 is 4.74 Å². The van der Waals surface area contributed by atoms with Gasteiger partial charge in [-0.1, -0.05) is 11.6 Å². The standard InChI is InChI=1S/C15H12ClNO/c1-10-7-14(8-11(2)15(10)16)18-13-5-3-12(9-17)4-6-13/h3-8H,1-2H3. The molecule has 0 aromatic heterocycles. The molecule has 18 heavy (non-hydrogen) atoms. The molecule has 3 heteroatoms. The van der Waals surface area contributed by atoms with Gasteiger partial charge in [-0.15, -0.1) is 0 Å². The lowest BCUT2D eigenvalue weighted by Crippen LogP contribution is -1.88. The largest absolute Gasteiger partial charge is 0.457 e. The van der Waals surface area contributed by atoms with Crippen LogP contribution in [0.1, 0.15) is 16.7 Å². The zero-order chi connectivity index (χ0) is 13.1. The summed E-state index contributed by atoms with van der Waals surface area (Å²) in [6.07, 6.45) is 0. The molecule has 2 rings (SSSR count). The number of nitrogens with zero attached hydrogens (tertiary/aromatic N) is 1. The molecule has 0 bridgehead atoms. The van der Waals surface area contributed by atoms with Crippen LogP contribution in [0.3, 0.4) is 0 Å². The number of rotatable bonds is 2. The van der Waals surface area contributed by atoms with Gasteiger partial charge in [0.1, 0.15) is 11.5 Å². The summed E-state index contributed by atoms with van der Waals surface area (Å²) in [6, 6.07) is 12.9. The number of halogens is 1. The minimum atomic E-state index is 0.616. The van der Waals surface area contributed by atoms with E-state index in [2.05, 4.69) is 6.07 Å². The molecule has 2 aromatic rings. The third-order valence-corrected chi connectivity index (χ3v) is 3.23. The number of nitriles is 1. The summed E-state index contributed by atoms with van der Waals surface area (Å²) in [5.74, 6) is 1.45. The monoisotopic (exact) mass is 257 g/mol. The molecule has 0 atom stereocenters. The summed E-state index contributed by atoms with van der Waals surface area (Å²) in [4.78, 5) is 0. The molecule has 0 unspecified atom stereocenters. The van der Waals surface area contributed by atoms with E-state index >= 15 is 0 Å². The van der Waals surface area contributed by atoms with Crippen molar-refractivity contribution in [2.75, 3.05) is 0 Å². The van der Waals surface area contributed by atoms with Gasteiger partial charge in [0, 0.05) is 5.02 Å². The molecule has 0 saturated heterocycles. The number of benzene rings is 2. The normalized spacial score (nSPS) is 9.89. The Morgan fingerprint density at radius 1 is 1.00 bits per heavy atom. The lowest BCUT2D eigenvalue weighted by Gasteiger charge is -2.09. The van der Waals surface area contributed by atoms with E-state index in [9.17, 15) is 0 Å². The molecular weight excluding hydrogens is 246 g/mol. The number of ether oxygens (including phenoxy) is 1. The minimum Gasteiger partial charge on any atom is -0.457 e. The Morgan fingerprint density at radius 3 is 2.06 bits per heavy atom. The molecular formula is C15H12ClNO.